The maximum absolute atomic E-state index is 11.5. The highest BCUT2D eigenvalue weighted by Gasteiger charge is 2.20. The van der Waals surface area contributed by atoms with E-state index in [0.29, 0.717) is 31.9 Å². The summed E-state index contributed by atoms with van der Waals surface area (Å²) >= 11 is 1.58. The van der Waals surface area contributed by atoms with Crippen LogP contribution in [-0.4, -0.2) is 35.4 Å². The quantitative estimate of drug-likeness (QED) is 0.196. The Morgan fingerprint density at radius 3 is 2.47 bits per heavy atom. The molecule has 0 aliphatic rings. The van der Waals surface area contributed by atoms with Crippen molar-refractivity contribution in [2.45, 2.75) is 32.8 Å². The van der Waals surface area contributed by atoms with Crippen LogP contribution in [0, 0.1) is 6.92 Å². The van der Waals surface area contributed by atoms with Crippen LogP contribution in [0.25, 0.3) is 32.7 Å². The van der Waals surface area contributed by atoms with E-state index in [1.807, 2.05) is 60.8 Å². The van der Waals surface area contributed by atoms with E-state index in [-0.39, 0.29) is 0 Å². The summed E-state index contributed by atoms with van der Waals surface area (Å²) < 4.78 is 18.5. The third-order valence-corrected chi connectivity index (χ3v) is 7.42. The monoisotopic (exact) mass is 527 g/mol. The Morgan fingerprint density at radius 2 is 1.74 bits per heavy atom. The Balaban J connectivity index is 1.25. The Hall–Kier alpha value is -3.94. The van der Waals surface area contributed by atoms with Gasteiger partial charge in [0.1, 0.15) is 11.5 Å². The van der Waals surface area contributed by atoms with Crippen molar-refractivity contribution in [3.8, 4) is 28.3 Å². The summed E-state index contributed by atoms with van der Waals surface area (Å²) in [6.45, 7) is 4.52. The fourth-order valence-corrected chi connectivity index (χ4v) is 5.41. The number of ether oxygens (including phenoxy) is 2. The average Bonchev–Trinajstić information content (AvgIpc) is 3.57. The number of aryl methyl sites for hydroxylation is 1. The zero-order valence-electron chi connectivity index (χ0n) is 21.3. The fraction of sp³-hybridized carbons (Fsp3) is 0.226. The first-order valence-electron chi connectivity index (χ1n) is 12.6. The van der Waals surface area contributed by atoms with E-state index in [0.717, 1.165) is 44.0 Å². The van der Waals surface area contributed by atoms with Gasteiger partial charge in [-0.1, -0.05) is 48.5 Å². The molecule has 0 saturated heterocycles. The number of oxazole rings is 1. The SMILES string of the molecule is CCO[C@@H](Cc1ccc(OCCc2nc(-c3ccc(-c4ccccc4)cc3)oc2C)c2ccsc12)C(=O)O. The van der Waals surface area contributed by atoms with Gasteiger partial charge in [0.25, 0.3) is 0 Å². The molecule has 0 fully saturated rings. The van der Waals surface area contributed by atoms with Gasteiger partial charge in [-0.25, -0.2) is 9.78 Å². The molecule has 0 aliphatic carbocycles. The van der Waals surface area contributed by atoms with Crippen LogP contribution in [0.5, 0.6) is 5.75 Å². The number of carboxylic acid groups (broad SMARTS) is 1. The van der Waals surface area contributed by atoms with E-state index in [9.17, 15) is 9.90 Å². The van der Waals surface area contributed by atoms with Crippen molar-refractivity contribution in [2.75, 3.05) is 13.2 Å². The molecular formula is C31H29NO5S. The molecule has 0 spiro atoms. The van der Waals surface area contributed by atoms with Crippen LogP contribution in [0.15, 0.2) is 82.6 Å². The molecule has 6 nitrogen and oxygen atoms in total. The van der Waals surface area contributed by atoms with E-state index in [1.165, 1.54) is 5.56 Å². The minimum atomic E-state index is -0.952. The van der Waals surface area contributed by atoms with Crippen molar-refractivity contribution in [2.24, 2.45) is 0 Å². The Morgan fingerprint density at radius 1 is 1.00 bits per heavy atom. The Kier molecular flexibility index (Phi) is 7.86. The number of nitrogens with zero attached hydrogens (tertiary/aromatic N) is 1. The van der Waals surface area contributed by atoms with Gasteiger partial charge in [-0.3, -0.25) is 0 Å². The van der Waals surface area contributed by atoms with Crippen LogP contribution >= 0.6 is 11.3 Å². The Bertz CT molecular complexity index is 1520. The van der Waals surface area contributed by atoms with Gasteiger partial charge in [0.05, 0.1) is 12.3 Å². The topological polar surface area (TPSA) is 81.8 Å². The van der Waals surface area contributed by atoms with Crippen LogP contribution in [-0.2, 0) is 22.4 Å². The molecular weight excluding hydrogens is 498 g/mol. The minimum Gasteiger partial charge on any atom is -0.493 e. The van der Waals surface area contributed by atoms with Gasteiger partial charge in [-0.05, 0) is 60.2 Å². The van der Waals surface area contributed by atoms with Crippen LogP contribution in [0.3, 0.4) is 0 Å². The number of hydrogen-bond donors (Lipinski definition) is 1. The number of carbonyl (C=O) groups is 1. The summed E-state index contributed by atoms with van der Waals surface area (Å²) in [4.78, 5) is 16.3. The number of thiophene rings is 1. The normalized spacial score (nSPS) is 12.1. The molecule has 5 aromatic rings. The molecule has 2 aromatic heterocycles. The second kappa shape index (κ2) is 11.6. The number of hydrogen-bond acceptors (Lipinski definition) is 6. The van der Waals surface area contributed by atoms with E-state index in [1.54, 1.807) is 18.3 Å². The summed E-state index contributed by atoms with van der Waals surface area (Å²) in [6, 6.07) is 24.3. The molecule has 0 amide bonds. The van der Waals surface area contributed by atoms with Crippen LogP contribution in [0.2, 0.25) is 0 Å². The summed E-state index contributed by atoms with van der Waals surface area (Å²) in [6.07, 6.45) is 0.0557. The highest BCUT2D eigenvalue weighted by atomic mass is 32.1. The molecule has 7 heteroatoms. The van der Waals surface area contributed by atoms with Crippen LogP contribution in [0.1, 0.15) is 23.9 Å². The van der Waals surface area contributed by atoms with Crippen molar-refractivity contribution in [1.29, 1.82) is 0 Å². The number of carboxylic acids is 1. The summed E-state index contributed by atoms with van der Waals surface area (Å²) in [5, 5.41) is 12.4. The molecule has 2 heterocycles. The van der Waals surface area contributed by atoms with Crippen molar-refractivity contribution < 1.29 is 23.8 Å². The third-order valence-electron chi connectivity index (χ3n) is 6.43. The molecule has 3 aromatic carbocycles. The highest BCUT2D eigenvalue weighted by molar-refractivity contribution is 7.17. The number of benzene rings is 3. The van der Waals surface area contributed by atoms with E-state index in [4.69, 9.17) is 18.9 Å². The predicted octanol–water partition coefficient (Wildman–Crippen LogP) is 7.19. The maximum atomic E-state index is 11.5. The molecule has 0 unspecified atom stereocenters. The largest absolute Gasteiger partial charge is 0.493 e. The lowest BCUT2D eigenvalue weighted by Gasteiger charge is -2.14. The van der Waals surface area contributed by atoms with Gasteiger partial charge in [-0.2, -0.15) is 0 Å². The third kappa shape index (κ3) is 5.64. The molecule has 0 radical (unpaired) electrons. The highest BCUT2D eigenvalue weighted by Crippen LogP contribution is 2.34. The van der Waals surface area contributed by atoms with Crippen LogP contribution < -0.4 is 4.74 Å². The average molecular weight is 528 g/mol. The maximum Gasteiger partial charge on any atom is 0.333 e. The smallest absolute Gasteiger partial charge is 0.333 e. The van der Waals surface area contributed by atoms with E-state index in [2.05, 4.69) is 24.3 Å². The predicted molar refractivity (Wildman–Crippen MR) is 150 cm³/mol. The van der Waals surface area contributed by atoms with Crippen molar-refractivity contribution in [3.05, 3.63) is 95.2 Å². The molecule has 0 bridgehead atoms. The lowest BCUT2D eigenvalue weighted by molar-refractivity contribution is -0.149. The van der Waals surface area contributed by atoms with Gasteiger partial charge in [-0.15, -0.1) is 11.3 Å². The van der Waals surface area contributed by atoms with E-state index >= 15 is 0 Å². The zero-order valence-corrected chi connectivity index (χ0v) is 22.2. The fourth-order valence-electron chi connectivity index (χ4n) is 4.48. The number of aromatic nitrogens is 1. The number of fused-ring (bicyclic) bond motifs is 1. The standard InChI is InChI=1S/C31H29NO5S/c1-3-35-28(31(33)34)19-24-13-14-27(25-16-18-38-29(24)25)36-17-15-26-20(2)37-30(32-26)23-11-9-22(10-12-23)21-7-5-4-6-8-21/h4-14,16,18,28H,3,15,17,19H2,1-2H3,(H,33,34)/t28-/m0/s1. The lowest BCUT2D eigenvalue weighted by atomic mass is 10.0. The molecule has 1 atom stereocenters. The van der Waals surface area contributed by atoms with E-state index < -0.39 is 12.1 Å². The van der Waals surface area contributed by atoms with Gasteiger partial charge < -0.3 is 19.0 Å². The molecule has 0 saturated carbocycles. The van der Waals surface area contributed by atoms with Crippen molar-refractivity contribution in [3.63, 3.8) is 0 Å². The van der Waals surface area contributed by atoms with Gasteiger partial charge in [0.2, 0.25) is 5.89 Å². The summed E-state index contributed by atoms with van der Waals surface area (Å²) in [7, 11) is 0. The number of rotatable bonds is 11. The zero-order chi connectivity index (χ0) is 26.5. The minimum absolute atomic E-state index is 0.313. The van der Waals surface area contributed by atoms with Gasteiger partial charge in [0.15, 0.2) is 6.10 Å². The molecule has 1 N–H and O–H groups in total. The first-order chi connectivity index (χ1) is 18.5. The molecule has 194 valence electrons. The van der Waals surface area contributed by atoms with Crippen molar-refractivity contribution >= 4 is 27.4 Å². The van der Waals surface area contributed by atoms with Gasteiger partial charge >= 0.3 is 5.97 Å². The molecule has 5 rings (SSSR count). The molecule has 38 heavy (non-hydrogen) atoms. The summed E-state index contributed by atoms with van der Waals surface area (Å²) in [5.74, 6) is 1.20. The molecule has 0 aliphatic heterocycles. The first kappa shape index (κ1) is 25.7. The lowest BCUT2D eigenvalue weighted by Crippen LogP contribution is -2.26. The van der Waals surface area contributed by atoms with Crippen LogP contribution in [0.4, 0.5) is 0 Å². The first-order valence-corrected chi connectivity index (χ1v) is 13.5. The Labute approximate surface area is 225 Å². The van der Waals surface area contributed by atoms with Crippen molar-refractivity contribution in [1.82, 2.24) is 4.98 Å². The summed E-state index contributed by atoms with van der Waals surface area (Å²) in [5.41, 5.74) is 5.06. The second-order valence-corrected chi connectivity index (χ2v) is 9.85. The number of aliphatic carboxylic acids is 1. The van der Waals surface area contributed by atoms with Gasteiger partial charge in [0, 0.05) is 35.1 Å². The second-order valence-electron chi connectivity index (χ2n) is 8.94.